The Labute approximate surface area is 122 Å². The molecule has 0 unspecified atom stereocenters. The molecule has 2 rings (SSSR count). The number of carbonyl (C=O) groups is 1. The number of carboxylic acid groups (broad SMARTS) is 1. The highest BCUT2D eigenvalue weighted by Gasteiger charge is 2.06. The second kappa shape index (κ2) is 6.26. The van der Waals surface area contributed by atoms with Gasteiger partial charge in [-0.2, -0.15) is 5.11 Å². The Bertz CT molecular complexity index is 696. The molecular formula is C16H15FN2O2. The molecule has 2 aromatic carbocycles. The van der Waals surface area contributed by atoms with Gasteiger partial charge in [0, 0.05) is 0 Å². The molecule has 1 N–H and O–H groups in total. The van der Waals surface area contributed by atoms with Crippen LogP contribution in [0.2, 0.25) is 0 Å². The zero-order valence-corrected chi connectivity index (χ0v) is 11.7. The number of nitrogens with zero attached hydrogens (tertiary/aromatic N) is 2. The lowest BCUT2D eigenvalue weighted by Gasteiger charge is -2.05. The van der Waals surface area contributed by atoms with Crippen molar-refractivity contribution in [3.8, 4) is 0 Å². The van der Waals surface area contributed by atoms with Crippen LogP contribution in [0.25, 0.3) is 0 Å². The van der Waals surface area contributed by atoms with E-state index >= 15 is 0 Å². The molecule has 0 aliphatic carbocycles. The number of hydrogen-bond donors (Lipinski definition) is 1. The van der Waals surface area contributed by atoms with E-state index in [0.717, 1.165) is 5.56 Å². The van der Waals surface area contributed by atoms with E-state index in [1.54, 1.807) is 24.3 Å². The Morgan fingerprint density at radius 2 is 1.90 bits per heavy atom. The first kappa shape index (κ1) is 14.8. The zero-order chi connectivity index (χ0) is 15.4. The Balaban J connectivity index is 2.31. The van der Waals surface area contributed by atoms with Crippen LogP contribution in [-0.2, 0) is 0 Å². The summed E-state index contributed by atoms with van der Waals surface area (Å²) in [7, 11) is 0. The van der Waals surface area contributed by atoms with E-state index < -0.39 is 11.8 Å². The Morgan fingerprint density at radius 3 is 2.57 bits per heavy atom. The number of aromatic carboxylic acids is 1. The largest absolute Gasteiger partial charge is 0.478 e. The van der Waals surface area contributed by atoms with Crippen LogP contribution in [0.1, 0.15) is 35.7 Å². The van der Waals surface area contributed by atoms with Crippen molar-refractivity contribution in [2.24, 2.45) is 10.2 Å². The molecule has 0 bridgehead atoms. The van der Waals surface area contributed by atoms with E-state index in [2.05, 4.69) is 10.2 Å². The number of benzene rings is 2. The third-order valence-electron chi connectivity index (χ3n) is 3.00. The number of rotatable bonds is 4. The lowest BCUT2D eigenvalue weighted by molar-refractivity contribution is 0.0697. The number of azo groups is 1. The molecule has 5 heteroatoms. The van der Waals surface area contributed by atoms with E-state index in [1.165, 1.54) is 18.2 Å². The van der Waals surface area contributed by atoms with Gasteiger partial charge in [0.25, 0.3) is 0 Å². The van der Waals surface area contributed by atoms with Crippen molar-refractivity contribution in [2.75, 3.05) is 0 Å². The molecule has 0 radical (unpaired) electrons. The van der Waals surface area contributed by atoms with Crippen molar-refractivity contribution < 1.29 is 14.3 Å². The lowest BCUT2D eigenvalue weighted by Crippen LogP contribution is -1.94. The van der Waals surface area contributed by atoms with Gasteiger partial charge < -0.3 is 5.11 Å². The highest BCUT2D eigenvalue weighted by atomic mass is 19.1. The van der Waals surface area contributed by atoms with Crippen LogP contribution in [-0.4, -0.2) is 11.1 Å². The Morgan fingerprint density at radius 1 is 1.14 bits per heavy atom. The molecule has 0 aromatic heterocycles. The topological polar surface area (TPSA) is 62.0 Å². The molecule has 0 aliphatic heterocycles. The molecule has 0 amide bonds. The molecule has 0 heterocycles. The van der Waals surface area contributed by atoms with Gasteiger partial charge in [0.2, 0.25) is 0 Å². The Kier molecular flexibility index (Phi) is 4.42. The standard InChI is InChI=1S/C16H15FN2O2/c1-10(2)11-6-7-14(17)15(9-11)19-18-13-5-3-4-12(8-13)16(20)21/h3-10H,1-2H3,(H,20,21)/b19-18-. The highest BCUT2D eigenvalue weighted by Crippen LogP contribution is 2.26. The summed E-state index contributed by atoms with van der Waals surface area (Å²) >= 11 is 0. The van der Waals surface area contributed by atoms with Gasteiger partial charge in [-0.25, -0.2) is 9.18 Å². The number of carboxylic acids is 1. The molecule has 0 spiro atoms. The van der Waals surface area contributed by atoms with E-state index in [0.29, 0.717) is 5.69 Å². The summed E-state index contributed by atoms with van der Waals surface area (Å²) in [5, 5.41) is 16.7. The van der Waals surface area contributed by atoms with E-state index in [1.807, 2.05) is 13.8 Å². The maximum absolute atomic E-state index is 13.7. The van der Waals surface area contributed by atoms with Crippen LogP contribution in [0.3, 0.4) is 0 Å². The smallest absolute Gasteiger partial charge is 0.335 e. The van der Waals surface area contributed by atoms with Gasteiger partial charge in [0.1, 0.15) is 5.69 Å². The second-order valence-corrected chi connectivity index (χ2v) is 4.92. The SMILES string of the molecule is CC(C)c1ccc(F)c(/N=N\c2cccc(C(=O)O)c2)c1. The normalized spacial score (nSPS) is 11.2. The van der Waals surface area contributed by atoms with Gasteiger partial charge in [0.15, 0.2) is 5.82 Å². The molecule has 0 fully saturated rings. The first-order chi connectivity index (χ1) is 9.97. The zero-order valence-electron chi connectivity index (χ0n) is 11.7. The fourth-order valence-corrected chi connectivity index (χ4v) is 1.78. The van der Waals surface area contributed by atoms with Crippen LogP contribution in [0.15, 0.2) is 52.7 Å². The van der Waals surface area contributed by atoms with Crippen LogP contribution in [0.5, 0.6) is 0 Å². The lowest BCUT2D eigenvalue weighted by atomic mass is 10.0. The predicted octanol–water partition coefficient (Wildman–Crippen LogP) is 5.06. The van der Waals surface area contributed by atoms with E-state index in [9.17, 15) is 9.18 Å². The molecule has 0 atom stereocenters. The fraction of sp³-hybridized carbons (Fsp3) is 0.188. The third-order valence-corrected chi connectivity index (χ3v) is 3.00. The van der Waals surface area contributed by atoms with Gasteiger partial charge in [-0.15, -0.1) is 5.11 Å². The molecule has 0 saturated carbocycles. The summed E-state index contributed by atoms with van der Waals surface area (Å²) in [6, 6.07) is 10.7. The summed E-state index contributed by atoms with van der Waals surface area (Å²) in [5.41, 5.74) is 1.58. The van der Waals surface area contributed by atoms with Crippen molar-refractivity contribution in [1.29, 1.82) is 0 Å². The fourth-order valence-electron chi connectivity index (χ4n) is 1.78. The van der Waals surface area contributed by atoms with Gasteiger partial charge in [0.05, 0.1) is 11.3 Å². The first-order valence-corrected chi connectivity index (χ1v) is 6.52. The molecule has 0 saturated heterocycles. The molecular weight excluding hydrogens is 271 g/mol. The van der Waals surface area contributed by atoms with Gasteiger partial charge in [-0.05, 0) is 41.8 Å². The Hall–Kier alpha value is -2.56. The van der Waals surface area contributed by atoms with Crippen LogP contribution in [0.4, 0.5) is 15.8 Å². The summed E-state index contributed by atoms with van der Waals surface area (Å²) in [4.78, 5) is 10.9. The molecule has 108 valence electrons. The minimum absolute atomic E-state index is 0.114. The van der Waals surface area contributed by atoms with Crippen LogP contribution in [0, 0.1) is 5.82 Å². The first-order valence-electron chi connectivity index (χ1n) is 6.52. The summed E-state index contributed by atoms with van der Waals surface area (Å²) in [5.74, 6) is -1.24. The minimum Gasteiger partial charge on any atom is -0.478 e. The number of halogens is 1. The van der Waals surface area contributed by atoms with E-state index in [-0.39, 0.29) is 17.2 Å². The van der Waals surface area contributed by atoms with Crippen molar-refractivity contribution in [3.63, 3.8) is 0 Å². The van der Waals surface area contributed by atoms with Crippen molar-refractivity contribution in [1.82, 2.24) is 0 Å². The van der Waals surface area contributed by atoms with Crippen molar-refractivity contribution in [3.05, 3.63) is 59.4 Å². The monoisotopic (exact) mass is 286 g/mol. The average molecular weight is 286 g/mol. The molecule has 2 aromatic rings. The quantitative estimate of drug-likeness (QED) is 0.798. The summed E-state index contributed by atoms with van der Waals surface area (Å²) in [6.45, 7) is 4.01. The molecule has 21 heavy (non-hydrogen) atoms. The molecule has 4 nitrogen and oxygen atoms in total. The van der Waals surface area contributed by atoms with Crippen molar-refractivity contribution in [2.45, 2.75) is 19.8 Å². The van der Waals surface area contributed by atoms with Gasteiger partial charge >= 0.3 is 5.97 Å². The number of hydrogen-bond acceptors (Lipinski definition) is 3. The summed E-state index contributed by atoms with van der Waals surface area (Å²) in [6.07, 6.45) is 0. The van der Waals surface area contributed by atoms with Crippen LogP contribution < -0.4 is 0 Å². The molecule has 0 aliphatic rings. The average Bonchev–Trinajstić information content (AvgIpc) is 2.46. The van der Waals surface area contributed by atoms with Crippen LogP contribution >= 0.6 is 0 Å². The third kappa shape index (κ3) is 3.72. The summed E-state index contributed by atoms with van der Waals surface area (Å²) < 4.78 is 13.7. The second-order valence-electron chi connectivity index (χ2n) is 4.92. The van der Waals surface area contributed by atoms with Gasteiger partial charge in [-0.3, -0.25) is 0 Å². The van der Waals surface area contributed by atoms with Crippen molar-refractivity contribution >= 4 is 17.3 Å². The predicted molar refractivity (Wildman–Crippen MR) is 78.1 cm³/mol. The highest BCUT2D eigenvalue weighted by molar-refractivity contribution is 5.88. The minimum atomic E-state index is -1.04. The van der Waals surface area contributed by atoms with E-state index in [4.69, 9.17) is 5.11 Å². The maximum atomic E-state index is 13.7. The van der Waals surface area contributed by atoms with Gasteiger partial charge in [-0.1, -0.05) is 26.0 Å². The maximum Gasteiger partial charge on any atom is 0.335 e.